The zero-order valence-corrected chi connectivity index (χ0v) is 15.3. The van der Waals surface area contributed by atoms with Crippen molar-refractivity contribution in [1.29, 1.82) is 0 Å². The minimum absolute atomic E-state index is 0.178. The maximum Gasteiger partial charge on any atom is 0.264 e. The fourth-order valence-corrected chi connectivity index (χ4v) is 3.84. The van der Waals surface area contributed by atoms with Crippen LogP contribution in [0.15, 0.2) is 4.79 Å². The third kappa shape index (κ3) is 2.99. The normalized spacial score (nSPS) is 25.0. The van der Waals surface area contributed by atoms with Gasteiger partial charge in [-0.25, -0.2) is 4.98 Å². The van der Waals surface area contributed by atoms with Crippen LogP contribution in [-0.2, 0) is 5.41 Å². The van der Waals surface area contributed by atoms with Crippen molar-refractivity contribution < 1.29 is 4.79 Å². The first-order chi connectivity index (χ1) is 11.2. The number of nitrogens with zero attached hydrogens (tertiary/aromatic N) is 3. The molecule has 1 aromatic rings. The second-order valence-electron chi connectivity index (χ2n) is 8.22. The van der Waals surface area contributed by atoms with Crippen molar-refractivity contribution in [3.05, 3.63) is 27.4 Å². The van der Waals surface area contributed by atoms with Gasteiger partial charge in [0.05, 0.1) is 5.69 Å². The van der Waals surface area contributed by atoms with Gasteiger partial charge in [-0.15, -0.1) is 0 Å². The number of likely N-dealkylation sites (tertiary alicyclic amines) is 1. The molecule has 0 unspecified atom stereocenters. The topological polar surface area (TPSA) is 69.3 Å². The van der Waals surface area contributed by atoms with E-state index in [0.717, 1.165) is 12.8 Å². The summed E-state index contributed by atoms with van der Waals surface area (Å²) in [6.07, 6.45) is 3.31. The predicted octanol–water partition coefficient (Wildman–Crippen LogP) is 1.68. The smallest absolute Gasteiger partial charge is 0.264 e. The highest BCUT2D eigenvalue weighted by Crippen LogP contribution is 2.29. The van der Waals surface area contributed by atoms with Crippen LogP contribution in [0.5, 0.6) is 0 Å². The number of amides is 1. The Hall–Kier alpha value is -1.69. The molecule has 24 heavy (non-hydrogen) atoms. The van der Waals surface area contributed by atoms with Gasteiger partial charge in [-0.2, -0.15) is 0 Å². The predicted molar refractivity (Wildman–Crippen MR) is 93.4 cm³/mol. The Balaban J connectivity index is 1.89. The van der Waals surface area contributed by atoms with Crippen LogP contribution in [0.2, 0.25) is 0 Å². The summed E-state index contributed by atoms with van der Waals surface area (Å²) in [6.45, 7) is 9.15. The van der Waals surface area contributed by atoms with E-state index in [9.17, 15) is 9.59 Å². The molecule has 3 heterocycles. The number of hydrogen-bond donors (Lipinski definition) is 1. The van der Waals surface area contributed by atoms with E-state index >= 15 is 0 Å². The molecule has 0 saturated carbocycles. The molecule has 1 aromatic heterocycles. The maximum absolute atomic E-state index is 13.0. The van der Waals surface area contributed by atoms with E-state index in [2.05, 4.69) is 21.9 Å². The number of H-pyrrole nitrogens is 1. The first-order valence-electron chi connectivity index (χ1n) is 8.81. The van der Waals surface area contributed by atoms with E-state index in [0.29, 0.717) is 36.7 Å². The van der Waals surface area contributed by atoms with Crippen LogP contribution in [0.3, 0.4) is 0 Å². The maximum atomic E-state index is 13.0. The van der Waals surface area contributed by atoms with Crippen LogP contribution in [0, 0.1) is 6.92 Å². The van der Waals surface area contributed by atoms with E-state index in [4.69, 9.17) is 0 Å². The second kappa shape index (κ2) is 5.99. The van der Waals surface area contributed by atoms with E-state index in [1.807, 2.05) is 25.7 Å². The molecule has 1 amide bonds. The number of aromatic nitrogens is 2. The van der Waals surface area contributed by atoms with Gasteiger partial charge in [-0.3, -0.25) is 14.5 Å². The molecule has 0 aromatic carbocycles. The highest BCUT2D eigenvalue weighted by Gasteiger charge is 2.37. The number of aryl methyl sites for hydroxylation is 1. The lowest BCUT2D eigenvalue weighted by atomic mass is 9.95. The van der Waals surface area contributed by atoms with Crippen molar-refractivity contribution in [2.24, 2.45) is 0 Å². The summed E-state index contributed by atoms with van der Waals surface area (Å²) in [7, 11) is 2.15. The summed E-state index contributed by atoms with van der Waals surface area (Å²) in [5, 5.41) is 0. The van der Waals surface area contributed by atoms with Gasteiger partial charge >= 0.3 is 0 Å². The number of fused-ring (bicyclic) bond motifs is 2. The Morgan fingerprint density at radius 1 is 1.21 bits per heavy atom. The lowest BCUT2D eigenvalue weighted by Gasteiger charge is -2.26. The Labute approximate surface area is 143 Å². The van der Waals surface area contributed by atoms with Gasteiger partial charge in [0.1, 0.15) is 11.4 Å². The second-order valence-corrected chi connectivity index (χ2v) is 8.22. The molecule has 3 rings (SSSR count). The average Bonchev–Trinajstić information content (AvgIpc) is 2.70. The molecular formula is C18H28N4O2. The van der Waals surface area contributed by atoms with Crippen molar-refractivity contribution in [2.45, 2.75) is 64.5 Å². The number of likely N-dealkylation sites (N-methyl/N-ethyl adjacent to an activating group) is 1. The summed E-state index contributed by atoms with van der Waals surface area (Å²) in [6, 6.07) is 0.969. The third-order valence-corrected chi connectivity index (χ3v) is 5.46. The number of rotatable bonds is 1. The molecule has 132 valence electrons. The molecule has 0 aliphatic carbocycles. The van der Waals surface area contributed by atoms with Gasteiger partial charge in [0.25, 0.3) is 11.5 Å². The molecule has 6 heteroatoms. The van der Waals surface area contributed by atoms with Crippen LogP contribution in [0.1, 0.15) is 61.9 Å². The molecule has 0 spiro atoms. The molecule has 2 saturated heterocycles. The van der Waals surface area contributed by atoms with Gasteiger partial charge < -0.3 is 9.88 Å². The zero-order valence-electron chi connectivity index (χ0n) is 15.3. The Kier molecular flexibility index (Phi) is 4.28. The van der Waals surface area contributed by atoms with E-state index in [-0.39, 0.29) is 22.4 Å². The lowest BCUT2D eigenvalue weighted by Crippen LogP contribution is -2.42. The van der Waals surface area contributed by atoms with Crippen molar-refractivity contribution in [1.82, 2.24) is 19.8 Å². The van der Waals surface area contributed by atoms with Gasteiger partial charge in [-0.1, -0.05) is 20.8 Å². The zero-order chi connectivity index (χ0) is 17.6. The molecule has 2 aliphatic rings. The largest absolute Gasteiger partial charge is 0.337 e. The summed E-state index contributed by atoms with van der Waals surface area (Å²) in [5.74, 6) is 0.443. The quantitative estimate of drug-likeness (QED) is 0.849. The molecule has 2 atom stereocenters. The van der Waals surface area contributed by atoms with Crippen LogP contribution in [-0.4, -0.2) is 57.9 Å². The molecule has 2 aliphatic heterocycles. The molecule has 6 nitrogen and oxygen atoms in total. The van der Waals surface area contributed by atoms with Crippen LogP contribution in [0.25, 0.3) is 0 Å². The molecular weight excluding hydrogens is 304 g/mol. The average molecular weight is 332 g/mol. The minimum atomic E-state index is -0.319. The number of carbonyl (C=O) groups excluding carboxylic acids is 1. The van der Waals surface area contributed by atoms with Gasteiger partial charge in [0, 0.05) is 30.6 Å². The van der Waals surface area contributed by atoms with E-state index in [1.165, 1.54) is 6.42 Å². The number of carbonyl (C=O) groups is 1. The van der Waals surface area contributed by atoms with E-state index < -0.39 is 0 Å². The molecule has 2 bridgehead atoms. The van der Waals surface area contributed by atoms with Gasteiger partial charge in [0.15, 0.2) is 0 Å². The molecule has 1 N–H and O–H groups in total. The first kappa shape index (κ1) is 17.1. The van der Waals surface area contributed by atoms with Gasteiger partial charge in [0.2, 0.25) is 0 Å². The highest BCUT2D eigenvalue weighted by atomic mass is 16.2. The summed E-state index contributed by atoms with van der Waals surface area (Å²) in [5.41, 5.74) is 0.149. The molecule has 0 radical (unpaired) electrons. The number of aromatic amines is 1. The fraction of sp³-hybridized carbons (Fsp3) is 0.722. The first-order valence-corrected chi connectivity index (χ1v) is 8.81. The van der Waals surface area contributed by atoms with Crippen LogP contribution in [0.4, 0.5) is 0 Å². The Morgan fingerprint density at radius 2 is 1.88 bits per heavy atom. The summed E-state index contributed by atoms with van der Waals surface area (Å²) in [4.78, 5) is 37.1. The minimum Gasteiger partial charge on any atom is -0.337 e. The SMILES string of the molecule is Cc1nc(C(C)(C)C)[nH]c(=O)c1C(=O)N1CC[C@H]2CC[C@@H](C1)N2C. The monoisotopic (exact) mass is 332 g/mol. The summed E-state index contributed by atoms with van der Waals surface area (Å²) < 4.78 is 0. The van der Waals surface area contributed by atoms with Gasteiger partial charge in [-0.05, 0) is 33.2 Å². The van der Waals surface area contributed by atoms with Crippen LogP contribution < -0.4 is 5.56 Å². The van der Waals surface area contributed by atoms with Crippen molar-refractivity contribution in [2.75, 3.05) is 20.1 Å². The molecule has 2 fully saturated rings. The van der Waals surface area contributed by atoms with Crippen LogP contribution >= 0.6 is 0 Å². The van der Waals surface area contributed by atoms with Crippen molar-refractivity contribution >= 4 is 5.91 Å². The lowest BCUT2D eigenvalue weighted by molar-refractivity contribution is 0.0737. The number of nitrogens with one attached hydrogen (secondary N) is 1. The fourth-order valence-electron chi connectivity index (χ4n) is 3.84. The number of hydrogen-bond acceptors (Lipinski definition) is 4. The van der Waals surface area contributed by atoms with E-state index in [1.54, 1.807) is 6.92 Å². The summed E-state index contributed by atoms with van der Waals surface area (Å²) >= 11 is 0. The Bertz CT molecular complexity index is 704. The standard InChI is InChI=1S/C18H28N4O2/c1-11-14(15(23)20-17(19-11)18(2,3)4)16(24)22-9-8-12-6-7-13(10-22)21(12)5/h12-13H,6-10H2,1-5H3,(H,19,20,23)/t12-,13+/m1/s1. The highest BCUT2D eigenvalue weighted by molar-refractivity contribution is 5.94. The van der Waals surface area contributed by atoms with Crippen molar-refractivity contribution in [3.8, 4) is 0 Å². The third-order valence-electron chi connectivity index (χ3n) is 5.46. The Morgan fingerprint density at radius 3 is 2.50 bits per heavy atom. The van der Waals surface area contributed by atoms with Crippen molar-refractivity contribution in [3.63, 3.8) is 0 Å².